The van der Waals surface area contributed by atoms with Gasteiger partial charge in [0, 0.05) is 30.9 Å². The third kappa shape index (κ3) is 3.35. The van der Waals surface area contributed by atoms with Crippen molar-refractivity contribution in [1.82, 2.24) is 9.96 Å². The Morgan fingerprint density at radius 2 is 1.95 bits per heavy atom. The standard InChI is InChI=1S/C15H15FN2O3/c1-17(21-2)14(19)12-7-9-18(10-8-12)15(20)11-3-5-13(16)6-4-11/h3-9H,10H2,1-2H3. The average Bonchev–Trinajstić information content (AvgIpc) is 2.53. The van der Waals surface area contributed by atoms with Crippen molar-refractivity contribution in [2.24, 2.45) is 0 Å². The summed E-state index contributed by atoms with van der Waals surface area (Å²) in [6.07, 6.45) is 4.71. The maximum atomic E-state index is 12.8. The van der Waals surface area contributed by atoms with Crippen LogP contribution in [0, 0.1) is 5.82 Å². The second-order valence-corrected chi connectivity index (χ2v) is 4.42. The molecule has 6 heteroatoms. The van der Waals surface area contributed by atoms with Crippen molar-refractivity contribution in [3.8, 4) is 0 Å². The molecule has 0 aliphatic carbocycles. The van der Waals surface area contributed by atoms with Gasteiger partial charge in [-0.2, -0.15) is 0 Å². The lowest BCUT2D eigenvalue weighted by Crippen LogP contribution is -2.31. The summed E-state index contributed by atoms with van der Waals surface area (Å²) in [5, 5.41) is 1.10. The maximum Gasteiger partial charge on any atom is 0.276 e. The summed E-state index contributed by atoms with van der Waals surface area (Å²) >= 11 is 0. The molecule has 1 heterocycles. The van der Waals surface area contributed by atoms with Crippen molar-refractivity contribution in [1.29, 1.82) is 0 Å². The van der Waals surface area contributed by atoms with Crippen LogP contribution in [0.4, 0.5) is 4.39 Å². The normalized spacial score (nSPS) is 13.9. The zero-order valence-electron chi connectivity index (χ0n) is 11.7. The summed E-state index contributed by atoms with van der Waals surface area (Å²) in [5.41, 5.74) is 0.834. The molecule has 1 aliphatic rings. The number of benzene rings is 1. The molecule has 0 bridgehead atoms. The molecule has 5 nitrogen and oxygen atoms in total. The Balaban J connectivity index is 2.05. The second kappa shape index (κ2) is 6.32. The van der Waals surface area contributed by atoms with Crippen molar-refractivity contribution in [3.05, 3.63) is 59.6 Å². The van der Waals surface area contributed by atoms with E-state index in [1.165, 1.54) is 49.5 Å². The molecule has 1 aromatic rings. The maximum absolute atomic E-state index is 12.8. The van der Waals surface area contributed by atoms with E-state index in [1.807, 2.05) is 0 Å². The first-order chi connectivity index (χ1) is 10.0. The molecule has 2 amide bonds. The monoisotopic (exact) mass is 290 g/mol. The van der Waals surface area contributed by atoms with Gasteiger partial charge in [0.25, 0.3) is 11.8 Å². The molecule has 1 aliphatic heterocycles. The van der Waals surface area contributed by atoms with Crippen LogP contribution in [0.2, 0.25) is 0 Å². The summed E-state index contributed by atoms with van der Waals surface area (Å²) in [6.45, 7) is 0.269. The van der Waals surface area contributed by atoms with Crippen molar-refractivity contribution in [2.75, 3.05) is 20.7 Å². The summed E-state index contributed by atoms with van der Waals surface area (Å²) < 4.78 is 12.8. The van der Waals surface area contributed by atoms with Gasteiger partial charge in [-0.15, -0.1) is 0 Å². The van der Waals surface area contributed by atoms with E-state index in [-0.39, 0.29) is 18.4 Å². The van der Waals surface area contributed by atoms with Gasteiger partial charge >= 0.3 is 0 Å². The van der Waals surface area contributed by atoms with Crippen molar-refractivity contribution in [3.63, 3.8) is 0 Å². The van der Waals surface area contributed by atoms with Crippen LogP contribution in [-0.2, 0) is 9.63 Å². The third-order valence-corrected chi connectivity index (χ3v) is 3.10. The first-order valence-electron chi connectivity index (χ1n) is 6.30. The lowest BCUT2D eigenvalue weighted by molar-refractivity contribution is -0.163. The number of halogens is 1. The molecule has 2 rings (SSSR count). The molecule has 0 fully saturated rings. The van der Waals surface area contributed by atoms with Crippen LogP contribution in [0.15, 0.2) is 48.2 Å². The lowest BCUT2D eigenvalue weighted by Gasteiger charge is -2.22. The molecule has 0 spiro atoms. The molecule has 21 heavy (non-hydrogen) atoms. The Kier molecular flexibility index (Phi) is 4.49. The predicted octanol–water partition coefficient (Wildman–Crippen LogP) is 1.74. The van der Waals surface area contributed by atoms with E-state index in [9.17, 15) is 14.0 Å². The highest BCUT2D eigenvalue weighted by molar-refractivity contribution is 5.98. The van der Waals surface area contributed by atoms with Gasteiger partial charge in [-0.25, -0.2) is 9.45 Å². The van der Waals surface area contributed by atoms with Gasteiger partial charge in [-0.1, -0.05) is 6.08 Å². The molecule has 0 atom stereocenters. The zero-order chi connectivity index (χ0) is 15.4. The SMILES string of the molecule is CON(C)C(=O)C1=CCN(C(=O)c2ccc(F)cc2)C=C1. The topological polar surface area (TPSA) is 49.9 Å². The first-order valence-corrected chi connectivity index (χ1v) is 6.30. The largest absolute Gasteiger partial charge is 0.311 e. The summed E-state index contributed by atoms with van der Waals surface area (Å²) in [5.74, 6) is -0.937. The number of hydrogen-bond donors (Lipinski definition) is 0. The van der Waals surface area contributed by atoms with Crippen LogP contribution < -0.4 is 0 Å². The van der Waals surface area contributed by atoms with Gasteiger partial charge in [0.1, 0.15) is 5.82 Å². The molecule has 0 radical (unpaired) electrons. The highest BCUT2D eigenvalue weighted by atomic mass is 19.1. The van der Waals surface area contributed by atoms with Gasteiger partial charge in [0.2, 0.25) is 0 Å². The minimum absolute atomic E-state index is 0.255. The fraction of sp³-hybridized carbons (Fsp3) is 0.200. The van der Waals surface area contributed by atoms with E-state index in [4.69, 9.17) is 4.84 Å². The van der Waals surface area contributed by atoms with E-state index in [1.54, 1.807) is 12.2 Å². The molecular weight excluding hydrogens is 275 g/mol. The number of likely N-dealkylation sites (N-methyl/N-ethyl adjacent to an activating group) is 1. The second-order valence-electron chi connectivity index (χ2n) is 4.42. The van der Waals surface area contributed by atoms with Gasteiger partial charge in [0.15, 0.2) is 0 Å². The number of rotatable bonds is 3. The first kappa shape index (κ1) is 14.9. The summed E-state index contributed by atoms with van der Waals surface area (Å²) in [7, 11) is 2.91. The minimum atomic E-state index is -0.392. The summed E-state index contributed by atoms with van der Waals surface area (Å²) in [4.78, 5) is 30.3. The smallest absolute Gasteiger partial charge is 0.276 e. The molecular formula is C15H15FN2O3. The Morgan fingerprint density at radius 3 is 2.48 bits per heavy atom. The van der Waals surface area contributed by atoms with Crippen LogP contribution in [0.1, 0.15) is 10.4 Å². The van der Waals surface area contributed by atoms with Gasteiger partial charge in [-0.3, -0.25) is 14.4 Å². The zero-order valence-corrected chi connectivity index (χ0v) is 11.7. The van der Waals surface area contributed by atoms with Crippen LogP contribution in [0.5, 0.6) is 0 Å². The van der Waals surface area contributed by atoms with Gasteiger partial charge in [-0.05, 0) is 30.3 Å². The summed E-state index contributed by atoms with van der Waals surface area (Å²) in [6, 6.07) is 5.32. The van der Waals surface area contributed by atoms with Crippen LogP contribution in [0.25, 0.3) is 0 Å². The molecule has 0 saturated carbocycles. The predicted molar refractivity (Wildman–Crippen MR) is 74.4 cm³/mol. The number of hydrogen-bond acceptors (Lipinski definition) is 3. The average molecular weight is 290 g/mol. The van der Waals surface area contributed by atoms with Crippen LogP contribution in [-0.4, -0.2) is 42.5 Å². The Hall–Kier alpha value is -2.47. The minimum Gasteiger partial charge on any atom is -0.311 e. The molecule has 0 saturated heterocycles. The Labute approximate surface area is 121 Å². The van der Waals surface area contributed by atoms with E-state index in [2.05, 4.69) is 0 Å². The number of carbonyl (C=O) groups is 2. The quantitative estimate of drug-likeness (QED) is 0.797. The van der Waals surface area contributed by atoms with Crippen LogP contribution >= 0.6 is 0 Å². The number of hydroxylamine groups is 2. The van der Waals surface area contributed by atoms with Crippen molar-refractivity contribution >= 4 is 11.8 Å². The number of nitrogens with zero attached hydrogens (tertiary/aromatic N) is 2. The van der Waals surface area contributed by atoms with Gasteiger partial charge in [0.05, 0.1) is 7.11 Å². The molecule has 0 N–H and O–H groups in total. The van der Waals surface area contributed by atoms with Crippen molar-refractivity contribution in [2.45, 2.75) is 0 Å². The molecule has 0 unspecified atom stereocenters. The van der Waals surface area contributed by atoms with E-state index >= 15 is 0 Å². The number of amides is 2. The number of carbonyl (C=O) groups excluding carboxylic acids is 2. The lowest BCUT2D eigenvalue weighted by atomic mass is 10.1. The Bertz CT molecular complexity index is 608. The fourth-order valence-corrected chi connectivity index (χ4v) is 1.83. The molecule has 110 valence electrons. The fourth-order valence-electron chi connectivity index (χ4n) is 1.83. The van der Waals surface area contributed by atoms with E-state index in [0.29, 0.717) is 11.1 Å². The van der Waals surface area contributed by atoms with Crippen LogP contribution in [0.3, 0.4) is 0 Å². The highest BCUT2D eigenvalue weighted by Crippen LogP contribution is 2.13. The van der Waals surface area contributed by atoms with Gasteiger partial charge < -0.3 is 4.90 Å². The highest BCUT2D eigenvalue weighted by Gasteiger charge is 2.19. The van der Waals surface area contributed by atoms with E-state index < -0.39 is 5.82 Å². The van der Waals surface area contributed by atoms with Crippen molar-refractivity contribution < 1.29 is 18.8 Å². The third-order valence-electron chi connectivity index (χ3n) is 3.10. The van der Waals surface area contributed by atoms with E-state index in [0.717, 1.165) is 5.06 Å². The molecule has 0 aromatic heterocycles. The Morgan fingerprint density at radius 1 is 1.29 bits per heavy atom. The molecule has 1 aromatic carbocycles.